The van der Waals surface area contributed by atoms with Crippen LogP contribution in [0.1, 0.15) is 27.2 Å². The highest BCUT2D eigenvalue weighted by atomic mass is 32.2. The Balaban J connectivity index is 2.42. The largest absolute Gasteiger partial charge is 0.385 e. The molecule has 0 aromatic carbocycles. The predicted molar refractivity (Wildman–Crippen MR) is 73.4 cm³/mol. The summed E-state index contributed by atoms with van der Waals surface area (Å²) in [6.07, 6.45) is 0.848. The Hall–Kier alpha value is 0.330. The van der Waals surface area contributed by atoms with Gasteiger partial charge in [0.05, 0.1) is 5.25 Å². The third kappa shape index (κ3) is 3.97. The first-order valence-electron chi connectivity index (χ1n) is 5.86. The molecule has 4 heteroatoms. The summed E-state index contributed by atoms with van der Waals surface area (Å²) in [6.45, 7) is 7.18. The van der Waals surface area contributed by atoms with Gasteiger partial charge in [0.15, 0.2) is 0 Å². The number of ether oxygens (including phenoxy) is 1. The van der Waals surface area contributed by atoms with Gasteiger partial charge in [0.2, 0.25) is 0 Å². The molecule has 0 radical (unpaired) electrons. The van der Waals surface area contributed by atoms with Crippen molar-refractivity contribution in [3.63, 3.8) is 0 Å². The number of Topliss-reactive ketones (excluding diaryl/α,β-unsaturated/α-hetero) is 1. The molecule has 94 valence electrons. The molecule has 1 heterocycles. The molecule has 0 spiro atoms. The lowest BCUT2D eigenvalue weighted by atomic mass is 10.0. The molecule has 4 atom stereocenters. The van der Waals surface area contributed by atoms with Crippen LogP contribution in [0.3, 0.4) is 0 Å². The molecule has 1 rings (SSSR count). The van der Waals surface area contributed by atoms with E-state index in [1.54, 1.807) is 7.11 Å². The third-order valence-corrected chi connectivity index (χ3v) is 6.52. The molecule has 0 bridgehead atoms. The highest BCUT2D eigenvalue weighted by Crippen LogP contribution is 2.37. The minimum absolute atomic E-state index is 0.138. The highest BCUT2D eigenvalue weighted by Gasteiger charge is 2.32. The normalized spacial score (nSPS) is 32.4. The van der Waals surface area contributed by atoms with Gasteiger partial charge in [-0.3, -0.25) is 4.79 Å². The van der Waals surface area contributed by atoms with E-state index in [0.29, 0.717) is 22.9 Å². The summed E-state index contributed by atoms with van der Waals surface area (Å²) in [4.78, 5) is 12.2. The van der Waals surface area contributed by atoms with E-state index in [1.807, 2.05) is 30.4 Å². The van der Waals surface area contributed by atoms with E-state index < -0.39 is 0 Å². The van der Waals surface area contributed by atoms with E-state index in [0.717, 1.165) is 12.2 Å². The van der Waals surface area contributed by atoms with Gasteiger partial charge in [-0.05, 0) is 6.42 Å². The first-order chi connectivity index (χ1) is 7.56. The van der Waals surface area contributed by atoms with Crippen LogP contribution in [0.25, 0.3) is 0 Å². The standard InChI is InChI=1S/C12H22O2S2/c1-8(5-6-14-4)12(13)11-7-15-9(2)10(3)16-11/h8-11H,5-7H2,1-4H3. The molecule has 16 heavy (non-hydrogen) atoms. The van der Waals surface area contributed by atoms with E-state index in [4.69, 9.17) is 4.74 Å². The van der Waals surface area contributed by atoms with Gasteiger partial charge in [0.1, 0.15) is 5.78 Å². The fourth-order valence-electron chi connectivity index (χ4n) is 1.69. The van der Waals surface area contributed by atoms with Crippen LogP contribution in [0, 0.1) is 5.92 Å². The predicted octanol–water partition coefficient (Wildman–Crippen LogP) is 2.85. The first kappa shape index (κ1) is 14.4. The number of ketones is 1. The Labute approximate surface area is 107 Å². The quantitative estimate of drug-likeness (QED) is 0.761. The smallest absolute Gasteiger partial charge is 0.149 e. The van der Waals surface area contributed by atoms with Gasteiger partial charge in [-0.25, -0.2) is 0 Å². The van der Waals surface area contributed by atoms with Crippen LogP contribution in [-0.2, 0) is 9.53 Å². The van der Waals surface area contributed by atoms with Crippen molar-refractivity contribution >= 4 is 29.3 Å². The van der Waals surface area contributed by atoms with E-state index in [-0.39, 0.29) is 11.2 Å². The molecule has 0 aliphatic carbocycles. The molecule has 1 aliphatic heterocycles. The zero-order valence-electron chi connectivity index (χ0n) is 10.6. The van der Waals surface area contributed by atoms with Gasteiger partial charge in [-0.15, -0.1) is 11.8 Å². The topological polar surface area (TPSA) is 26.3 Å². The Morgan fingerprint density at radius 1 is 1.44 bits per heavy atom. The Bertz CT molecular complexity index is 233. The van der Waals surface area contributed by atoms with Crippen LogP contribution >= 0.6 is 23.5 Å². The van der Waals surface area contributed by atoms with Crippen LogP contribution in [0.5, 0.6) is 0 Å². The van der Waals surface area contributed by atoms with Crippen LogP contribution < -0.4 is 0 Å². The van der Waals surface area contributed by atoms with Crippen molar-refractivity contribution in [2.45, 2.75) is 42.9 Å². The molecule has 1 fully saturated rings. The summed E-state index contributed by atoms with van der Waals surface area (Å²) in [5, 5.41) is 1.45. The highest BCUT2D eigenvalue weighted by molar-refractivity contribution is 8.08. The molecule has 4 unspecified atom stereocenters. The fourth-order valence-corrected chi connectivity index (χ4v) is 4.68. The number of methoxy groups -OCH3 is 1. The minimum atomic E-state index is 0.138. The number of hydrogen-bond acceptors (Lipinski definition) is 4. The van der Waals surface area contributed by atoms with Gasteiger partial charge in [-0.1, -0.05) is 20.8 Å². The maximum Gasteiger partial charge on any atom is 0.149 e. The van der Waals surface area contributed by atoms with Gasteiger partial charge in [0.25, 0.3) is 0 Å². The van der Waals surface area contributed by atoms with Crippen molar-refractivity contribution in [3.05, 3.63) is 0 Å². The Morgan fingerprint density at radius 3 is 2.69 bits per heavy atom. The van der Waals surface area contributed by atoms with Crippen molar-refractivity contribution in [3.8, 4) is 0 Å². The summed E-state index contributed by atoms with van der Waals surface area (Å²) in [5.74, 6) is 1.53. The number of carbonyl (C=O) groups excluding carboxylic acids is 1. The van der Waals surface area contributed by atoms with Crippen LogP contribution in [0.15, 0.2) is 0 Å². The van der Waals surface area contributed by atoms with Crippen LogP contribution in [0.4, 0.5) is 0 Å². The average Bonchev–Trinajstić information content (AvgIpc) is 2.28. The van der Waals surface area contributed by atoms with Crippen molar-refractivity contribution in [2.75, 3.05) is 19.5 Å². The van der Waals surface area contributed by atoms with Gasteiger partial charge in [0, 0.05) is 35.9 Å². The van der Waals surface area contributed by atoms with Crippen molar-refractivity contribution in [1.29, 1.82) is 0 Å². The zero-order valence-corrected chi connectivity index (χ0v) is 12.2. The second kappa shape index (κ2) is 6.92. The fraction of sp³-hybridized carbons (Fsp3) is 0.917. The number of carbonyl (C=O) groups is 1. The minimum Gasteiger partial charge on any atom is -0.385 e. The van der Waals surface area contributed by atoms with Crippen LogP contribution in [-0.4, -0.2) is 41.0 Å². The molecule has 1 aliphatic rings. The van der Waals surface area contributed by atoms with Crippen LogP contribution in [0.2, 0.25) is 0 Å². The second-order valence-corrected chi connectivity index (χ2v) is 7.45. The molecule has 1 saturated heterocycles. The van der Waals surface area contributed by atoms with E-state index >= 15 is 0 Å². The number of thioether (sulfide) groups is 2. The summed E-state index contributed by atoms with van der Waals surface area (Å²) in [7, 11) is 1.69. The Kier molecular flexibility index (Phi) is 6.22. The monoisotopic (exact) mass is 262 g/mol. The van der Waals surface area contributed by atoms with Crippen molar-refractivity contribution in [1.82, 2.24) is 0 Å². The van der Waals surface area contributed by atoms with Crippen molar-refractivity contribution in [2.24, 2.45) is 5.92 Å². The second-order valence-electron chi connectivity index (χ2n) is 4.45. The lowest BCUT2D eigenvalue weighted by molar-refractivity contribution is -0.122. The third-order valence-electron chi connectivity index (χ3n) is 3.11. The van der Waals surface area contributed by atoms with E-state index in [2.05, 4.69) is 13.8 Å². The molecule has 0 N–H and O–H groups in total. The first-order valence-corrected chi connectivity index (χ1v) is 7.85. The molecule has 0 amide bonds. The number of hydrogen-bond donors (Lipinski definition) is 0. The Morgan fingerprint density at radius 2 is 2.12 bits per heavy atom. The summed E-state index contributed by atoms with van der Waals surface area (Å²) in [6, 6.07) is 0. The summed E-state index contributed by atoms with van der Waals surface area (Å²) < 4.78 is 5.02. The molecule has 0 aromatic rings. The molecular formula is C12H22O2S2. The summed E-state index contributed by atoms with van der Waals surface area (Å²) in [5.41, 5.74) is 0. The molecular weight excluding hydrogens is 240 g/mol. The van der Waals surface area contributed by atoms with E-state index in [9.17, 15) is 4.79 Å². The van der Waals surface area contributed by atoms with Gasteiger partial charge in [-0.2, -0.15) is 11.8 Å². The lowest BCUT2D eigenvalue weighted by Crippen LogP contribution is -2.34. The SMILES string of the molecule is COCCC(C)C(=O)C1CSC(C)C(C)S1. The molecule has 2 nitrogen and oxygen atoms in total. The molecule has 0 saturated carbocycles. The van der Waals surface area contributed by atoms with Gasteiger partial charge < -0.3 is 4.74 Å². The summed E-state index contributed by atoms with van der Waals surface area (Å²) >= 11 is 3.78. The lowest BCUT2D eigenvalue weighted by Gasteiger charge is -2.31. The maximum absolute atomic E-state index is 12.2. The molecule has 0 aromatic heterocycles. The average molecular weight is 262 g/mol. The number of rotatable bonds is 5. The maximum atomic E-state index is 12.2. The van der Waals surface area contributed by atoms with Gasteiger partial charge >= 0.3 is 0 Å². The van der Waals surface area contributed by atoms with E-state index in [1.165, 1.54) is 0 Å². The zero-order chi connectivity index (χ0) is 12.1. The van der Waals surface area contributed by atoms with Crippen molar-refractivity contribution < 1.29 is 9.53 Å².